The molecular weight excluding hydrogens is 873 g/mol. The van der Waals surface area contributed by atoms with Gasteiger partial charge in [-0.2, -0.15) is 0 Å². The SMILES string of the molecule is C[C@]12CC[C@@H](O)[C@]34[C@@H]([C@H]5C[C@](C)(C#CC[C@]6(C[C@H](Cc7ccccc7)CC[C@H]6[C@@H](CC1)SSC[C@H](Cc1ccccc1)C2)C(=O)O5)[C@]3(O)CCC1=CC(=O)OC1)[C@](C)(C1CCCC1)CC[C@@H]4O. The van der Waals surface area contributed by atoms with Gasteiger partial charge in [-0.05, 0) is 161 Å². The Labute approximate surface area is 408 Å². The van der Waals surface area contributed by atoms with Gasteiger partial charge in [0.1, 0.15) is 12.7 Å². The zero-order valence-corrected chi connectivity index (χ0v) is 42.0. The zero-order valence-electron chi connectivity index (χ0n) is 40.4. The Morgan fingerprint density at radius 2 is 1.45 bits per heavy atom. The van der Waals surface area contributed by atoms with Crippen molar-refractivity contribution in [3.63, 3.8) is 0 Å². The summed E-state index contributed by atoms with van der Waals surface area (Å²) in [4.78, 5) is 28.8. The van der Waals surface area contributed by atoms with Crippen LogP contribution in [0, 0.1) is 68.5 Å². The Bertz CT molecular complexity index is 2220. The number of rotatable bonds is 8. The Balaban J connectivity index is 1.17. The predicted octanol–water partition coefficient (Wildman–Crippen LogP) is 11.3. The van der Waals surface area contributed by atoms with Crippen LogP contribution in [0.25, 0.3) is 0 Å². The van der Waals surface area contributed by atoms with Gasteiger partial charge in [0.25, 0.3) is 0 Å². The van der Waals surface area contributed by atoms with Gasteiger partial charge in [-0.25, -0.2) is 4.79 Å². The molecular formula is C58H76O7S2. The van der Waals surface area contributed by atoms with Gasteiger partial charge in [-0.3, -0.25) is 4.79 Å². The first-order valence-corrected chi connectivity index (χ1v) is 28.6. The van der Waals surface area contributed by atoms with E-state index in [1.165, 1.54) is 11.1 Å². The topological polar surface area (TPSA) is 113 Å². The summed E-state index contributed by atoms with van der Waals surface area (Å²) < 4.78 is 12.9. The Hall–Kier alpha value is -2.74. The lowest BCUT2D eigenvalue weighted by Crippen LogP contribution is -2.79. The van der Waals surface area contributed by atoms with E-state index in [4.69, 9.17) is 9.47 Å². The van der Waals surface area contributed by atoms with E-state index < -0.39 is 51.5 Å². The molecule has 0 radical (unpaired) electrons. The van der Waals surface area contributed by atoms with E-state index in [-0.39, 0.29) is 47.5 Å². The van der Waals surface area contributed by atoms with Crippen molar-refractivity contribution in [3.8, 4) is 11.8 Å². The molecule has 14 atom stereocenters. The van der Waals surface area contributed by atoms with Gasteiger partial charge < -0.3 is 24.8 Å². The molecule has 362 valence electrons. The van der Waals surface area contributed by atoms with Crippen LogP contribution in [0.4, 0.5) is 0 Å². The molecule has 2 saturated heterocycles. The maximum Gasteiger partial charge on any atom is 0.331 e. The summed E-state index contributed by atoms with van der Waals surface area (Å²) in [7, 11) is 4.03. The van der Waals surface area contributed by atoms with E-state index in [2.05, 4.69) is 86.4 Å². The molecule has 2 aromatic carbocycles. The molecule has 8 aliphatic rings. The summed E-state index contributed by atoms with van der Waals surface area (Å²) in [6, 6.07) is 21.6. The van der Waals surface area contributed by atoms with Crippen LogP contribution < -0.4 is 0 Å². The molecule has 0 unspecified atom stereocenters. The van der Waals surface area contributed by atoms with Crippen LogP contribution in [0.1, 0.15) is 147 Å². The highest BCUT2D eigenvalue weighted by Gasteiger charge is 2.78. The second-order valence-electron chi connectivity index (χ2n) is 23.9. The predicted molar refractivity (Wildman–Crippen MR) is 268 cm³/mol. The maximum atomic E-state index is 16.3. The molecule has 2 aromatic rings. The summed E-state index contributed by atoms with van der Waals surface area (Å²) in [5, 5.41) is 41.8. The lowest BCUT2D eigenvalue weighted by Gasteiger charge is -2.71. The van der Waals surface area contributed by atoms with E-state index in [1.807, 2.05) is 28.5 Å². The fraction of sp³-hybridized carbons (Fsp3) is 0.690. The van der Waals surface area contributed by atoms with Crippen LogP contribution in [0.3, 0.4) is 0 Å². The van der Waals surface area contributed by atoms with Crippen LogP contribution in [-0.2, 0) is 31.9 Å². The van der Waals surface area contributed by atoms with Crippen LogP contribution in [0.5, 0.6) is 0 Å². The van der Waals surface area contributed by atoms with Gasteiger partial charge in [0.15, 0.2) is 0 Å². The first-order chi connectivity index (χ1) is 32.2. The van der Waals surface area contributed by atoms with Gasteiger partial charge in [0.2, 0.25) is 0 Å². The monoisotopic (exact) mass is 949 g/mol. The number of esters is 2. The fourth-order valence-corrected chi connectivity index (χ4v) is 20.1. The van der Waals surface area contributed by atoms with Crippen molar-refractivity contribution < 1.29 is 34.4 Å². The van der Waals surface area contributed by atoms with Crippen molar-refractivity contribution in [2.24, 2.45) is 56.7 Å². The molecule has 0 amide bonds. The van der Waals surface area contributed by atoms with Crippen molar-refractivity contribution in [1.82, 2.24) is 0 Å². The number of cyclic esters (lactones) is 1. The average molecular weight is 949 g/mol. The van der Waals surface area contributed by atoms with Crippen LogP contribution in [-0.4, -0.2) is 68.8 Å². The van der Waals surface area contributed by atoms with Crippen molar-refractivity contribution in [2.75, 3.05) is 12.4 Å². The minimum absolute atomic E-state index is 0.0571. The molecule has 4 heterocycles. The number of ether oxygens (including phenoxy) is 2. The zero-order chi connectivity index (χ0) is 46.7. The first kappa shape index (κ1) is 47.9. The highest BCUT2D eigenvalue weighted by molar-refractivity contribution is 8.76. The minimum Gasteiger partial charge on any atom is -0.462 e. The van der Waals surface area contributed by atoms with E-state index >= 15 is 4.79 Å². The Kier molecular flexibility index (Phi) is 13.4. The van der Waals surface area contributed by atoms with Gasteiger partial charge in [0.05, 0.1) is 34.1 Å². The van der Waals surface area contributed by atoms with Gasteiger partial charge >= 0.3 is 11.9 Å². The molecule has 3 N–H and O–H groups in total. The van der Waals surface area contributed by atoms with Gasteiger partial charge in [-0.15, -0.1) is 5.92 Å². The number of hydrogen-bond acceptors (Lipinski definition) is 9. The third-order valence-electron chi connectivity index (χ3n) is 19.9. The molecule has 1 spiro atoms. The molecule has 9 heteroatoms. The second kappa shape index (κ2) is 18.8. The molecule has 0 aromatic heterocycles. The summed E-state index contributed by atoms with van der Waals surface area (Å²) in [5.74, 6) is 8.53. The number of aliphatic hydroxyl groups is 3. The summed E-state index contributed by atoms with van der Waals surface area (Å²) >= 11 is 0. The summed E-state index contributed by atoms with van der Waals surface area (Å²) in [6.07, 6.45) is 14.2. The number of benzene rings is 2. The maximum absolute atomic E-state index is 16.3. The standard InChI is InChI=1S/C58H76O7S2/c1-53-27-22-47(67-66-38-43(34-53)32-40-15-8-5-9-16-40)45-20-19-41(31-39-13-6-4-7-14-39)35-56(45)26-12-25-54(2)36-46(65-52(56)62)51-55(3,44-17-10-11-18-44)29-24-49(60)58(51,48(59)23-28-53)57(54,63)30-21-42-33-50(61)64-37-42/h4-9,13-16,33,41,43-49,51,59-60,63H,10-11,17-24,26-32,34-38H2,1-3H3/t41-,43+,45-,46+,47+,48+,49-,51-,53+,54-,55-,56+,57+,58-/m0/s1. The van der Waals surface area contributed by atoms with Crippen LogP contribution in [0.15, 0.2) is 72.3 Å². The number of fused-ring (bicyclic) bond motifs is 6. The number of carbonyl (C=O) groups is 2. The van der Waals surface area contributed by atoms with Crippen molar-refractivity contribution in [2.45, 2.75) is 178 Å². The quantitative estimate of drug-likeness (QED) is 0.135. The van der Waals surface area contributed by atoms with Crippen LogP contribution in [0.2, 0.25) is 0 Å². The highest BCUT2D eigenvalue weighted by atomic mass is 33.1. The molecule has 67 heavy (non-hydrogen) atoms. The number of hydrogen-bond donors (Lipinski definition) is 3. The average Bonchev–Trinajstić information content (AvgIpc) is 4.03. The summed E-state index contributed by atoms with van der Waals surface area (Å²) in [6.45, 7) is 7.04. The minimum atomic E-state index is -1.71. The van der Waals surface area contributed by atoms with E-state index in [1.54, 1.807) is 6.08 Å². The second-order valence-corrected chi connectivity index (χ2v) is 26.5. The lowest BCUT2D eigenvalue weighted by molar-refractivity contribution is -0.339. The van der Waals surface area contributed by atoms with Crippen LogP contribution >= 0.6 is 21.6 Å². The molecule has 4 aliphatic heterocycles. The Morgan fingerprint density at radius 3 is 2.13 bits per heavy atom. The van der Waals surface area contributed by atoms with E-state index in [9.17, 15) is 20.1 Å². The molecule has 7 nitrogen and oxygen atoms in total. The third-order valence-corrected chi connectivity index (χ3v) is 23.0. The molecule has 4 saturated carbocycles. The molecule has 10 rings (SSSR count). The molecule has 6 fully saturated rings. The van der Waals surface area contributed by atoms with Gasteiger partial charge in [0, 0.05) is 35.8 Å². The summed E-state index contributed by atoms with van der Waals surface area (Å²) in [5.41, 5.74) is -2.33. The van der Waals surface area contributed by atoms with Gasteiger partial charge in [-0.1, -0.05) is 115 Å². The van der Waals surface area contributed by atoms with Crippen molar-refractivity contribution in [1.29, 1.82) is 0 Å². The lowest BCUT2D eigenvalue weighted by atomic mass is 9.35. The Morgan fingerprint density at radius 1 is 0.776 bits per heavy atom. The highest BCUT2D eigenvalue weighted by Crippen LogP contribution is 2.72. The molecule has 4 aliphatic carbocycles. The number of carbonyl (C=O) groups excluding carboxylic acids is 2. The van der Waals surface area contributed by atoms with E-state index in [0.717, 1.165) is 94.8 Å². The molecule has 6 bridgehead atoms. The fourth-order valence-electron chi connectivity index (χ4n) is 16.6. The third kappa shape index (κ3) is 8.49. The number of aliphatic hydroxyl groups excluding tert-OH is 2. The van der Waals surface area contributed by atoms with Crippen molar-refractivity contribution in [3.05, 3.63) is 83.4 Å². The first-order valence-electron chi connectivity index (χ1n) is 26.2. The normalized spacial score (nSPS) is 43.4. The van der Waals surface area contributed by atoms with E-state index in [0.29, 0.717) is 50.4 Å². The smallest absolute Gasteiger partial charge is 0.331 e. The van der Waals surface area contributed by atoms with Crippen molar-refractivity contribution >= 4 is 33.5 Å². The largest absolute Gasteiger partial charge is 0.462 e.